The molecular formula is C14H17NOS2. The number of hydrogen-bond donors (Lipinski definition) is 1. The van der Waals surface area contributed by atoms with Crippen molar-refractivity contribution in [2.75, 3.05) is 0 Å². The number of aromatic nitrogens is 1. The van der Waals surface area contributed by atoms with Gasteiger partial charge < -0.3 is 5.11 Å². The SMILES string of the molecule is Cc1csc(CC(O)C2CCCc3sccc32)n1. The molecule has 1 aliphatic rings. The van der Waals surface area contributed by atoms with Gasteiger partial charge in [-0.15, -0.1) is 22.7 Å². The molecule has 4 heteroatoms. The molecule has 1 N–H and O–H groups in total. The first-order chi connectivity index (χ1) is 8.74. The van der Waals surface area contributed by atoms with Crippen molar-refractivity contribution in [3.05, 3.63) is 38.0 Å². The summed E-state index contributed by atoms with van der Waals surface area (Å²) < 4.78 is 0. The third-order valence-corrected chi connectivity index (χ3v) is 5.60. The molecule has 0 saturated heterocycles. The van der Waals surface area contributed by atoms with Gasteiger partial charge in [0.15, 0.2) is 0 Å². The molecule has 2 unspecified atom stereocenters. The second kappa shape index (κ2) is 5.11. The zero-order valence-corrected chi connectivity index (χ0v) is 12.1. The average Bonchev–Trinajstić information content (AvgIpc) is 2.97. The van der Waals surface area contributed by atoms with E-state index in [1.165, 1.54) is 23.3 Å². The van der Waals surface area contributed by atoms with E-state index in [0.717, 1.165) is 17.1 Å². The molecule has 2 aromatic heterocycles. The van der Waals surface area contributed by atoms with E-state index in [1.54, 1.807) is 11.3 Å². The largest absolute Gasteiger partial charge is 0.392 e. The summed E-state index contributed by atoms with van der Waals surface area (Å²) in [6.45, 7) is 2.00. The van der Waals surface area contributed by atoms with E-state index in [4.69, 9.17) is 0 Å². The van der Waals surface area contributed by atoms with Crippen molar-refractivity contribution < 1.29 is 5.11 Å². The molecule has 0 aromatic carbocycles. The highest BCUT2D eigenvalue weighted by Gasteiger charge is 2.28. The first-order valence-corrected chi connectivity index (χ1v) is 8.15. The fourth-order valence-corrected chi connectivity index (χ4v) is 4.56. The maximum atomic E-state index is 10.5. The monoisotopic (exact) mass is 279 g/mol. The van der Waals surface area contributed by atoms with Crippen molar-refractivity contribution in [2.24, 2.45) is 0 Å². The maximum absolute atomic E-state index is 10.5. The third-order valence-electron chi connectivity index (χ3n) is 3.61. The Bertz CT molecular complexity index is 531. The fraction of sp³-hybridized carbons (Fsp3) is 0.500. The summed E-state index contributed by atoms with van der Waals surface area (Å²) in [5, 5.41) is 15.7. The smallest absolute Gasteiger partial charge is 0.0954 e. The van der Waals surface area contributed by atoms with Crippen LogP contribution in [0.4, 0.5) is 0 Å². The Balaban J connectivity index is 1.76. The fourth-order valence-electron chi connectivity index (χ4n) is 2.74. The molecule has 0 saturated carbocycles. The highest BCUT2D eigenvalue weighted by molar-refractivity contribution is 7.10. The highest BCUT2D eigenvalue weighted by Crippen LogP contribution is 2.37. The Hall–Kier alpha value is -0.710. The van der Waals surface area contributed by atoms with Crippen LogP contribution in [0.3, 0.4) is 0 Å². The topological polar surface area (TPSA) is 33.1 Å². The molecule has 0 aliphatic heterocycles. The molecule has 0 bridgehead atoms. The zero-order chi connectivity index (χ0) is 12.5. The van der Waals surface area contributed by atoms with Gasteiger partial charge in [0.05, 0.1) is 11.1 Å². The summed E-state index contributed by atoms with van der Waals surface area (Å²) in [5.41, 5.74) is 2.44. The standard InChI is InChI=1S/C14H17NOS2/c1-9-8-18-14(15-9)7-12(16)10-3-2-4-13-11(10)5-6-17-13/h5-6,8,10,12,16H,2-4,7H2,1H3. The first kappa shape index (κ1) is 12.3. The van der Waals surface area contributed by atoms with E-state index in [-0.39, 0.29) is 6.10 Å². The Labute approximate surface area is 115 Å². The van der Waals surface area contributed by atoms with Gasteiger partial charge in [0.1, 0.15) is 0 Å². The molecule has 0 radical (unpaired) electrons. The van der Waals surface area contributed by atoms with Crippen LogP contribution in [-0.2, 0) is 12.8 Å². The molecule has 2 heterocycles. The molecule has 2 atom stereocenters. The summed E-state index contributed by atoms with van der Waals surface area (Å²) in [5.74, 6) is 0.309. The van der Waals surface area contributed by atoms with Crippen molar-refractivity contribution in [3.8, 4) is 0 Å². The molecule has 18 heavy (non-hydrogen) atoms. The van der Waals surface area contributed by atoms with E-state index >= 15 is 0 Å². The van der Waals surface area contributed by atoms with Crippen LogP contribution in [0.1, 0.15) is 39.9 Å². The Kier molecular flexibility index (Phi) is 3.50. The lowest BCUT2D eigenvalue weighted by atomic mass is 9.83. The van der Waals surface area contributed by atoms with E-state index in [0.29, 0.717) is 12.3 Å². The summed E-state index contributed by atoms with van der Waals surface area (Å²) >= 11 is 3.49. The zero-order valence-electron chi connectivity index (χ0n) is 10.4. The van der Waals surface area contributed by atoms with Crippen LogP contribution in [0.5, 0.6) is 0 Å². The number of hydrogen-bond acceptors (Lipinski definition) is 4. The average molecular weight is 279 g/mol. The van der Waals surface area contributed by atoms with Gasteiger partial charge in [-0.1, -0.05) is 0 Å². The van der Waals surface area contributed by atoms with Crippen LogP contribution in [0.2, 0.25) is 0 Å². The van der Waals surface area contributed by atoms with Crippen LogP contribution in [0, 0.1) is 6.92 Å². The molecule has 1 aliphatic carbocycles. The van der Waals surface area contributed by atoms with Crippen LogP contribution >= 0.6 is 22.7 Å². The van der Waals surface area contributed by atoms with Crippen molar-refractivity contribution in [2.45, 2.75) is 44.6 Å². The summed E-state index contributed by atoms with van der Waals surface area (Å²) in [6, 6.07) is 2.19. The normalized spacial score (nSPS) is 20.7. The number of nitrogens with zero attached hydrogens (tertiary/aromatic N) is 1. The van der Waals surface area contributed by atoms with E-state index in [1.807, 2.05) is 18.3 Å². The van der Waals surface area contributed by atoms with Gasteiger partial charge in [0.2, 0.25) is 0 Å². The minimum Gasteiger partial charge on any atom is -0.392 e. The van der Waals surface area contributed by atoms with Crippen LogP contribution in [0.25, 0.3) is 0 Å². The van der Waals surface area contributed by atoms with E-state index in [9.17, 15) is 5.11 Å². The Morgan fingerprint density at radius 2 is 2.39 bits per heavy atom. The molecule has 0 spiro atoms. The number of thiophene rings is 1. The van der Waals surface area contributed by atoms with Gasteiger partial charge in [0, 0.05) is 28.3 Å². The quantitative estimate of drug-likeness (QED) is 0.932. The predicted molar refractivity (Wildman–Crippen MR) is 76.6 cm³/mol. The maximum Gasteiger partial charge on any atom is 0.0954 e. The summed E-state index contributed by atoms with van der Waals surface area (Å²) in [7, 11) is 0. The van der Waals surface area contributed by atoms with Crippen molar-refractivity contribution >= 4 is 22.7 Å². The molecule has 2 nitrogen and oxygen atoms in total. The molecule has 3 rings (SSSR count). The third kappa shape index (κ3) is 2.37. The van der Waals surface area contributed by atoms with Gasteiger partial charge in [-0.3, -0.25) is 0 Å². The van der Waals surface area contributed by atoms with Crippen molar-refractivity contribution in [1.29, 1.82) is 0 Å². The second-order valence-corrected chi connectivity index (χ2v) is 6.90. The summed E-state index contributed by atoms with van der Waals surface area (Å²) in [4.78, 5) is 5.92. The lowest BCUT2D eigenvalue weighted by Gasteiger charge is -2.26. The van der Waals surface area contributed by atoms with Crippen LogP contribution < -0.4 is 0 Å². The highest BCUT2D eigenvalue weighted by atomic mass is 32.1. The molecule has 0 amide bonds. The predicted octanol–water partition coefficient (Wildman–Crippen LogP) is 3.54. The Morgan fingerprint density at radius 3 is 3.17 bits per heavy atom. The lowest BCUT2D eigenvalue weighted by Crippen LogP contribution is -2.24. The number of aliphatic hydroxyl groups is 1. The van der Waals surface area contributed by atoms with Crippen LogP contribution in [0.15, 0.2) is 16.8 Å². The molecule has 2 aromatic rings. The number of thiazole rings is 1. The molecular weight excluding hydrogens is 262 g/mol. The van der Waals surface area contributed by atoms with Crippen molar-refractivity contribution in [1.82, 2.24) is 4.98 Å². The lowest BCUT2D eigenvalue weighted by molar-refractivity contribution is 0.135. The summed E-state index contributed by atoms with van der Waals surface area (Å²) in [6.07, 6.45) is 3.90. The second-order valence-electron chi connectivity index (χ2n) is 4.95. The first-order valence-electron chi connectivity index (χ1n) is 6.39. The van der Waals surface area contributed by atoms with Gasteiger partial charge >= 0.3 is 0 Å². The van der Waals surface area contributed by atoms with Gasteiger partial charge in [-0.05, 0) is 43.2 Å². The molecule has 96 valence electrons. The number of aliphatic hydroxyl groups excluding tert-OH is 1. The minimum absolute atomic E-state index is 0.288. The number of fused-ring (bicyclic) bond motifs is 1. The molecule has 0 fully saturated rings. The Morgan fingerprint density at radius 1 is 1.50 bits per heavy atom. The number of aryl methyl sites for hydroxylation is 2. The van der Waals surface area contributed by atoms with Gasteiger partial charge in [-0.2, -0.15) is 0 Å². The van der Waals surface area contributed by atoms with Crippen molar-refractivity contribution in [3.63, 3.8) is 0 Å². The van der Waals surface area contributed by atoms with E-state index in [2.05, 4.69) is 21.8 Å². The van der Waals surface area contributed by atoms with Gasteiger partial charge in [0.25, 0.3) is 0 Å². The minimum atomic E-state index is -0.288. The number of rotatable bonds is 3. The van der Waals surface area contributed by atoms with Crippen LogP contribution in [-0.4, -0.2) is 16.2 Å². The van der Waals surface area contributed by atoms with E-state index < -0.39 is 0 Å². The van der Waals surface area contributed by atoms with Gasteiger partial charge in [-0.25, -0.2) is 4.98 Å².